The number of nitrogens with one attached hydrogen (secondary N) is 1. The average molecular weight is 495 g/mol. The molecule has 1 fully saturated rings. The number of ether oxygens (including phenoxy) is 2. The van der Waals surface area contributed by atoms with Crippen LogP contribution < -0.4 is 10.1 Å². The van der Waals surface area contributed by atoms with Crippen LogP contribution in [0.15, 0.2) is 83.8 Å². The van der Waals surface area contributed by atoms with Crippen molar-refractivity contribution in [1.29, 1.82) is 0 Å². The molecule has 8 nitrogen and oxygen atoms in total. The molecular formula is C26H26N2O6S. The maximum Gasteiger partial charge on any atom is 0.340 e. The zero-order chi connectivity index (χ0) is 24.7. The van der Waals surface area contributed by atoms with Crippen LogP contribution in [0, 0.1) is 0 Å². The third-order valence-electron chi connectivity index (χ3n) is 5.51. The lowest BCUT2D eigenvalue weighted by molar-refractivity contribution is -0.119. The first-order valence-corrected chi connectivity index (χ1v) is 12.8. The van der Waals surface area contributed by atoms with Gasteiger partial charge >= 0.3 is 5.97 Å². The number of hydrogen-bond donors (Lipinski definition) is 1. The number of rotatable bonds is 8. The van der Waals surface area contributed by atoms with E-state index in [0.717, 1.165) is 19.3 Å². The molecule has 1 N–H and O–H groups in total. The van der Waals surface area contributed by atoms with E-state index < -0.39 is 28.5 Å². The summed E-state index contributed by atoms with van der Waals surface area (Å²) in [5.74, 6) is -0.438. The van der Waals surface area contributed by atoms with Gasteiger partial charge in [0.05, 0.1) is 16.1 Å². The van der Waals surface area contributed by atoms with Gasteiger partial charge < -0.3 is 14.8 Å². The fraction of sp³-hybridized carbons (Fsp3) is 0.231. The van der Waals surface area contributed by atoms with Crippen LogP contribution in [0.5, 0.6) is 11.5 Å². The molecule has 1 aliphatic rings. The Balaban J connectivity index is 1.42. The van der Waals surface area contributed by atoms with Gasteiger partial charge in [0, 0.05) is 13.1 Å². The highest BCUT2D eigenvalue weighted by Gasteiger charge is 2.30. The maximum atomic E-state index is 13.1. The Bertz CT molecular complexity index is 1290. The minimum absolute atomic E-state index is 0.0984. The van der Waals surface area contributed by atoms with Gasteiger partial charge in [-0.25, -0.2) is 13.2 Å². The molecule has 1 aliphatic heterocycles. The molecule has 0 aromatic heterocycles. The van der Waals surface area contributed by atoms with Gasteiger partial charge in [-0.05, 0) is 49.2 Å². The number of carbonyl (C=O) groups is 2. The van der Waals surface area contributed by atoms with Crippen molar-refractivity contribution in [3.63, 3.8) is 0 Å². The molecule has 3 aromatic carbocycles. The normalized spacial score (nSPS) is 14.2. The summed E-state index contributed by atoms with van der Waals surface area (Å²) in [4.78, 5) is 25.1. The van der Waals surface area contributed by atoms with E-state index in [4.69, 9.17) is 9.47 Å². The monoisotopic (exact) mass is 494 g/mol. The Morgan fingerprint density at radius 2 is 1.49 bits per heavy atom. The summed E-state index contributed by atoms with van der Waals surface area (Å²) in [5.41, 5.74) is 0.309. The van der Waals surface area contributed by atoms with Crippen LogP contribution in [0.3, 0.4) is 0 Å². The Hall–Kier alpha value is -3.69. The standard InChI is InChI=1S/C26H26N2O6S/c29-25(27-22-14-6-7-15-23(22)34-20-11-3-1-4-12-20)19-33-26(30)21-13-5-8-16-24(21)35(31,32)28-17-9-2-10-18-28/h1,3-8,11-16H,2,9-10,17-19H2,(H,27,29). The van der Waals surface area contributed by atoms with Gasteiger partial charge in [0.15, 0.2) is 12.4 Å². The van der Waals surface area contributed by atoms with Crippen molar-refractivity contribution >= 4 is 27.6 Å². The number of anilines is 1. The second-order valence-corrected chi connectivity index (χ2v) is 9.90. The molecule has 0 radical (unpaired) electrons. The fourth-order valence-electron chi connectivity index (χ4n) is 3.77. The van der Waals surface area contributed by atoms with Crippen LogP contribution in [0.4, 0.5) is 5.69 Å². The SMILES string of the molecule is O=C(COC(=O)c1ccccc1S(=O)(=O)N1CCCCC1)Nc1ccccc1Oc1ccccc1. The lowest BCUT2D eigenvalue weighted by atomic mass is 10.2. The van der Waals surface area contributed by atoms with Crippen molar-refractivity contribution in [1.82, 2.24) is 4.31 Å². The predicted molar refractivity (Wildman–Crippen MR) is 131 cm³/mol. The Kier molecular flexibility index (Phi) is 7.79. The third kappa shape index (κ3) is 6.06. The third-order valence-corrected chi connectivity index (χ3v) is 7.46. The largest absolute Gasteiger partial charge is 0.455 e. The highest BCUT2D eigenvalue weighted by atomic mass is 32.2. The van der Waals surface area contributed by atoms with E-state index in [1.807, 2.05) is 18.2 Å². The predicted octanol–water partition coefficient (Wildman–Crippen LogP) is 4.45. The van der Waals surface area contributed by atoms with E-state index >= 15 is 0 Å². The summed E-state index contributed by atoms with van der Waals surface area (Å²) in [6.45, 7) is 0.244. The Labute approximate surface area is 204 Å². The van der Waals surface area contributed by atoms with E-state index in [2.05, 4.69) is 5.32 Å². The molecule has 182 valence electrons. The van der Waals surface area contributed by atoms with Crippen LogP contribution in [-0.4, -0.2) is 44.3 Å². The van der Waals surface area contributed by atoms with E-state index in [0.29, 0.717) is 30.3 Å². The maximum absolute atomic E-state index is 13.1. The summed E-state index contributed by atoms with van der Waals surface area (Å²) < 4.78 is 38.6. The topological polar surface area (TPSA) is 102 Å². The van der Waals surface area contributed by atoms with Crippen molar-refractivity contribution in [3.8, 4) is 11.5 Å². The van der Waals surface area contributed by atoms with Crippen LogP contribution in [0.1, 0.15) is 29.6 Å². The first-order valence-electron chi connectivity index (χ1n) is 11.3. The summed E-state index contributed by atoms with van der Waals surface area (Å²) >= 11 is 0. The molecule has 1 heterocycles. The Morgan fingerprint density at radius 1 is 0.829 bits per heavy atom. The number of sulfonamides is 1. The molecule has 35 heavy (non-hydrogen) atoms. The Morgan fingerprint density at radius 3 is 2.26 bits per heavy atom. The molecular weight excluding hydrogens is 468 g/mol. The number of para-hydroxylation sites is 3. The van der Waals surface area contributed by atoms with Gasteiger partial charge in [0.1, 0.15) is 5.75 Å². The van der Waals surface area contributed by atoms with E-state index in [9.17, 15) is 18.0 Å². The molecule has 0 spiro atoms. The average Bonchev–Trinajstić information content (AvgIpc) is 2.89. The van der Waals surface area contributed by atoms with Gasteiger partial charge in [-0.15, -0.1) is 0 Å². The van der Waals surface area contributed by atoms with Crippen molar-refractivity contribution < 1.29 is 27.5 Å². The van der Waals surface area contributed by atoms with Crippen LogP contribution in [-0.2, 0) is 19.6 Å². The molecule has 0 aliphatic carbocycles. The molecule has 3 aromatic rings. The van der Waals surface area contributed by atoms with Gasteiger partial charge in [0.25, 0.3) is 5.91 Å². The van der Waals surface area contributed by atoms with Gasteiger partial charge in [-0.2, -0.15) is 4.31 Å². The number of hydrogen-bond acceptors (Lipinski definition) is 6. The van der Waals surface area contributed by atoms with E-state index in [-0.39, 0.29) is 10.5 Å². The lowest BCUT2D eigenvalue weighted by Gasteiger charge is -2.26. The van der Waals surface area contributed by atoms with Gasteiger partial charge in [-0.1, -0.05) is 48.9 Å². The second kappa shape index (κ2) is 11.2. The first-order chi connectivity index (χ1) is 16.9. The van der Waals surface area contributed by atoms with Crippen molar-refractivity contribution in [2.75, 3.05) is 25.0 Å². The fourth-order valence-corrected chi connectivity index (χ4v) is 5.47. The van der Waals surface area contributed by atoms with E-state index in [1.54, 1.807) is 48.5 Å². The molecule has 0 unspecified atom stereocenters. The highest BCUT2D eigenvalue weighted by molar-refractivity contribution is 7.89. The van der Waals surface area contributed by atoms with Gasteiger partial charge in [0.2, 0.25) is 10.0 Å². The molecule has 0 atom stereocenters. The smallest absolute Gasteiger partial charge is 0.340 e. The summed E-state index contributed by atoms with van der Waals surface area (Å²) in [6, 6.07) is 21.9. The number of carbonyl (C=O) groups excluding carboxylic acids is 2. The van der Waals surface area contributed by atoms with Crippen LogP contribution >= 0.6 is 0 Å². The quantitative estimate of drug-likeness (QED) is 0.464. The molecule has 9 heteroatoms. The minimum Gasteiger partial charge on any atom is -0.455 e. The van der Waals surface area contributed by atoms with Crippen molar-refractivity contribution in [3.05, 3.63) is 84.4 Å². The summed E-state index contributed by atoms with van der Waals surface area (Å²) in [5, 5.41) is 2.67. The minimum atomic E-state index is -3.84. The van der Waals surface area contributed by atoms with Crippen molar-refractivity contribution in [2.45, 2.75) is 24.2 Å². The molecule has 0 saturated carbocycles. The zero-order valence-corrected chi connectivity index (χ0v) is 19.9. The number of esters is 1. The molecule has 0 bridgehead atoms. The number of piperidine rings is 1. The zero-order valence-electron chi connectivity index (χ0n) is 19.1. The molecule has 1 amide bonds. The summed E-state index contributed by atoms with van der Waals surface area (Å²) in [7, 11) is -3.84. The van der Waals surface area contributed by atoms with E-state index in [1.165, 1.54) is 16.4 Å². The van der Waals surface area contributed by atoms with Crippen LogP contribution in [0.25, 0.3) is 0 Å². The lowest BCUT2D eigenvalue weighted by Crippen LogP contribution is -2.36. The molecule has 1 saturated heterocycles. The first kappa shape index (κ1) is 24.4. The summed E-state index contributed by atoms with van der Waals surface area (Å²) in [6.07, 6.45) is 2.54. The second-order valence-electron chi connectivity index (χ2n) is 8.00. The van der Waals surface area contributed by atoms with Gasteiger partial charge in [-0.3, -0.25) is 4.79 Å². The number of nitrogens with zero attached hydrogens (tertiary/aromatic N) is 1. The van der Waals surface area contributed by atoms with Crippen LogP contribution in [0.2, 0.25) is 0 Å². The number of amides is 1. The number of benzene rings is 3. The molecule has 4 rings (SSSR count). The highest BCUT2D eigenvalue weighted by Crippen LogP contribution is 2.29. The van der Waals surface area contributed by atoms with Crippen molar-refractivity contribution in [2.24, 2.45) is 0 Å².